The summed E-state index contributed by atoms with van der Waals surface area (Å²) < 4.78 is 9.60. The molecule has 2 aromatic rings. The van der Waals surface area contributed by atoms with Gasteiger partial charge in [0, 0.05) is 10.4 Å². The number of aromatic nitrogens is 1. The molecule has 4 heteroatoms. The number of rotatable bonds is 4. The molecule has 0 unspecified atom stereocenters. The monoisotopic (exact) mass is 234 g/mol. The zero-order valence-electron chi connectivity index (χ0n) is 9.14. The molecule has 1 aromatic carbocycles. The van der Waals surface area contributed by atoms with Crippen LogP contribution in [0, 0.1) is 0 Å². The van der Waals surface area contributed by atoms with Gasteiger partial charge in [0.15, 0.2) is 0 Å². The Labute approximate surface area is 99.0 Å². The molecule has 0 radical (unpaired) electrons. The first-order valence-electron chi connectivity index (χ1n) is 5.13. The third-order valence-corrected chi connectivity index (χ3v) is 3.16. The normalized spacial score (nSPS) is 10.4. The molecule has 0 aliphatic rings. The van der Waals surface area contributed by atoms with Crippen molar-refractivity contribution in [2.75, 3.05) is 13.7 Å². The Balaban J connectivity index is 2.27. The summed E-state index contributed by atoms with van der Waals surface area (Å²) >= 11 is 1.51. The predicted molar refractivity (Wildman–Crippen MR) is 66.9 cm³/mol. The summed E-state index contributed by atoms with van der Waals surface area (Å²) in [4.78, 5) is 1.22. The van der Waals surface area contributed by atoms with Crippen LogP contribution in [0.5, 0.6) is 5.75 Å². The van der Waals surface area contributed by atoms with Gasteiger partial charge in [-0.15, -0.1) is 0 Å². The highest BCUT2D eigenvalue weighted by atomic mass is 32.1. The lowest BCUT2D eigenvalue weighted by molar-refractivity contribution is 0.415. The lowest BCUT2D eigenvalue weighted by Crippen LogP contribution is -2.00. The minimum atomic E-state index is 0.666. The number of methoxy groups -OCH3 is 1. The summed E-state index contributed by atoms with van der Waals surface area (Å²) in [6.45, 7) is 0.666. The summed E-state index contributed by atoms with van der Waals surface area (Å²) in [5.41, 5.74) is 7.59. The topological polar surface area (TPSA) is 48.1 Å². The summed E-state index contributed by atoms with van der Waals surface area (Å²) in [5, 5.41) is 0. The Hall–Kier alpha value is -1.39. The van der Waals surface area contributed by atoms with Gasteiger partial charge in [-0.3, -0.25) is 0 Å². The van der Waals surface area contributed by atoms with Crippen LogP contribution in [0.15, 0.2) is 30.3 Å². The van der Waals surface area contributed by atoms with Crippen molar-refractivity contribution in [2.24, 2.45) is 5.73 Å². The number of nitrogens with two attached hydrogens (primary N) is 1. The van der Waals surface area contributed by atoms with Crippen LogP contribution >= 0.6 is 11.5 Å². The maximum atomic E-state index is 5.51. The van der Waals surface area contributed by atoms with Crippen LogP contribution in [0.1, 0.15) is 4.88 Å². The number of benzene rings is 1. The van der Waals surface area contributed by atoms with Crippen LogP contribution in [0.4, 0.5) is 0 Å². The Morgan fingerprint density at radius 2 is 2.25 bits per heavy atom. The van der Waals surface area contributed by atoms with Gasteiger partial charge in [0.2, 0.25) is 0 Å². The van der Waals surface area contributed by atoms with Gasteiger partial charge in [0.25, 0.3) is 0 Å². The molecule has 0 spiro atoms. The van der Waals surface area contributed by atoms with Gasteiger partial charge in [0.05, 0.1) is 12.8 Å². The van der Waals surface area contributed by atoms with Gasteiger partial charge in [0.1, 0.15) is 5.75 Å². The average Bonchev–Trinajstić information content (AvgIpc) is 2.78. The number of nitrogens with zero attached hydrogens (tertiary/aromatic N) is 1. The van der Waals surface area contributed by atoms with Crippen LogP contribution in [-0.4, -0.2) is 18.0 Å². The highest BCUT2D eigenvalue weighted by Gasteiger charge is 2.04. The van der Waals surface area contributed by atoms with E-state index in [2.05, 4.69) is 10.4 Å². The molecule has 0 saturated carbocycles. The average molecular weight is 234 g/mol. The van der Waals surface area contributed by atoms with Crippen molar-refractivity contribution in [1.82, 2.24) is 4.37 Å². The van der Waals surface area contributed by atoms with Crippen molar-refractivity contribution in [1.29, 1.82) is 0 Å². The molecule has 2 N–H and O–H groups in total. The van der Waals surface area contributed by atoms with E-state index in [0.29, 0.717) is 6.54 Å². The fraction of sp³-hybridized carbons (Fsp3) is 0.250. The number of ether oxygens (including phenoxy) is 1. The molecule has 3 nitrogen and oxygen atoms in total. The second kappa shape index (κ2) is 5.09. The van der Waals surface area contributed by atoms with Crippen LogP contribution in [0.2, 0.25) is 0 Å². The van der Waals surface area contributed by atoms with E-state index in [1.54, 1.807) is 7.11 Å². The van der Waals surface area contributed by atoms with Crippen molar-refractivity contribution in [3.63, 3.8) is 0 Å². The van der Waals surface area contributed by atoms with Crippen molar-refractivity contribution in [3.8, 4) is 17.0 Å². The number of hydrogen-bond donors (Lipinski definition) is 1. The van der Waals surface area contributed by atoms with Crippen molar-refractivity contribution >= 4 is 11.5 Å². The van der Waals surface area contributed by atoms with Gasteiger partial charge in [-0.05, 0) is 42.7 Å². The summed E-state index contributed by atoms with van der Waals surface area (Å²) in [6, 6.07) is 10.0. The first kappa shape index (κ1) is 11.1. The predicted octanol–water partition coefficient (Wildman–Crippen LogP) is 2.32. The van der Waals surface area contributed by atoms with E-state index in [1.807, 2.05) is 24.3 Å². The second-order valence-corrected chi connectivity index (χ2v) is 4.34. The van der Waals surface area contributed by atoms with Crippen LogP contribution in [0.3, 0.4) is 0 Å². The van der Waals surface area contributed by atoms with Crippen LogP contribution in [0.25, 0.3) is 11.3 Å². The SMILES string of the molecule is COc1cccc(-c2cc(CCN)sn2)c1. The molecule has 84 valence electrons. The van der Waals surface area contributed by atoms with Gasteiger partial charge in [-0.2, -0.15) is 4.37 Å². The van der Waals surface area contributed by atoms with Crippen molar-refractivity contribution < 1.29 is 4.74 Å². The molecule has 0 fully saturated rings. The van der Waals surface area contributed by atoms with Crippen LogP contribution in [-0.2, 0) is 6.42 Å². The van der Waals surface area contributed by atoms with Gasteiger partial charge >= 0.3 is 0 Å². The quantitative estimate of drug-likeness (QED) is 0.883. The first-order valence-corrected chi connectivity index (χ1v) is 5.91. The van der Waals surface area contributed by atoms with Crippen molar-refractivity contribution in [3.05, 3.63) is 35.2 Å². The Morgan fingerprint density at radius 1 is 1.38 bits per heavy atom. The van der Waals surface area contributed by atoms with E-state index in [4.69, 9.17) is 10.5 Å². The van der Waals surface area contributed by atoms with Gasteiger partial charge in [-0.25, -0.2) is 0 Å². The van der Waals surface area contributed by atoms with E-state index in [0.717, 1.165) is 23.4 Å². The second-order valence-electron chi connectivity index (χ2n) is 3.45. The maximum absolute atomic E-state index is 5.51. The zero-order chi connectivity index (χ0) is 11.4. The van der Waals surface area contributed by atoms with Gasteiger partial charge < -0.3 is 10.5 Å². The fourth-order valence-corrected chi connectivity index (χ4v) is 2.24. The standard InChI is InChI=1S/C12H14N2OS/c1-15-10-4-2-3-9(7-10)12-8-11(5-6-13)16-14-12/h2-4,7-8H,5-6,13H2,1H3. The minimum absolute atomic E-state index is 0.666. The number of hydrogen-bond acceptors (Lipinski definition) is 4. The molecule has 1 heterocycles. The first-order chi connectivity index (χ1) is 7.83. The molecule has 0 amide bonds. The largest absolute Gasteiger partial charge is 0.497 e. The molecule has 0 bridgehead atoms. The molecule has 0 aliphatic heterocycles. The van der Waals surface area contributed by atoms with E-state index in [-0.39, 0.29) is 0 Å². The Kier molecular flexibility index (Phi) is 3.54. The Bertz CT molecular complexity index is 468. The highest BCUT2D eigenvalue weighted by molar-refractivity contribution is 7.06. The van der Waals surface area contributed by atoms with Gasteiger partial charge in [-0.1, -0.05) is 12.1 Å². The molecule has 0 saturated heterocycles. The van der Waals surface area contributed by atoms with Crippen molar-refractivity contribution in [2.45, 2.75) is 6.42 Å². The smallest absolute Gasteiger partial charge is 0.119 e. The molecule has 1 aromatic heterocycles. The summed E-state index contributed by atoms with van der Waals surface area (Å²) in [7, 11) is 1.67. The highest BCUT2D eigenvalue weighted by Crippen LogP contribution is 2.25. The molecule has 16 heavy (non-hydrogen) atoms. The van der Waals surface area contributed by atoms with E-state index in [9.17, 15) is 0 Å². The maximum Gasteiger partial charge on any atom is 0.119 e. The third-order valence-electron chi connectivity index (χ3n) is 2.32. The summed E-state index contributed by atoms with van der Waals surface area (Å²) in [6.07, 6.45) is 0.891. The Morgan fingerprint density at radius 3 is 3.00 bits per heavy atom. The summed E-state index contributed by atoms with van der Waals surface area (Å²) in [5.74, 6) is 0.853. The third kappa shape index (κ3) is 2.40. The minimum Gasteiger partial charge on any atom is -0.497 e. The van der Waals surface area contributed by atoms with Crippen LogP contribution < -0.4 is 10.5 Å². The molecular weight excluding hydrogens is 220 g/mol. The van der Waals surface area contributed by atoms with E-state index in [1.165, 1.54) is 16.4 Å². The van der Waals surface area contributed by atoms with E-state index >= 15 is 0 Å². The fourth-order valence-electron chi connectivity index (χ4n) is 1.49. The lowest BCUT2D eigenvalue weighted by atomic mass is 10.1. The van der Waals surface area contributed by atoms with E-state index < -0.39 is 0 Å². The molecule has 0 aliphatic carbocycles. The molecule has 0 atom stereocenters. The zero-order valence-corrected chi connectivity index (χ0v) is 9.96. The molecule has 2 rings (SSSR count). The molecular formula is C12H14N2OS. The lowest BCUT2D eigenvalue weighted by Gasteiger charge is -2.01.